The number of aromatic nitrogens is 2. The molecule has 0 N–H and O–H groups in total. The summed E-state index contributed by atoms with van der Waals surface area (Å²) in [7, 11) is 0. The van der Waals surface area contributed by atoms with E-state index in [4.69, 9.17) is 5.26 Å². The highest BCUT2D eigenvalue weighted by atomic mass is 79.9. The number of nitrogens with zero attached hydrogens (tertiary/aromatic N) is 3. The van der Waals surface area contributed by atoms with E-state index in [1.54, 1.807) is 0 Å². The average Bonchev–Trinajstić information content (AvgIpc) is 2.61. The zero-order valence-corrected chi connectivity index (χ0v) is 9.88. The summed E-state index contributed by atoms with van der Waals surface area (Å²) < 4.78 is 39.4. The van der Waals surface area contributed by atoms with Crippen LogP contribution in [0.5, 0.6) is 0 Å². The maximum absolute atomic E-state index is 12.6. The smallest absolute Gasteiger partial charge is 0.251 e. The quantitative estimate of drug-likeness (QED) is 0.811. The van der Waals surface area contributed by atoms with Crippen molar-refractivity contribution in [1.29, 1.82) is 5.26 Å². The van der Waals surface area contributed by atoms with Gasteiger partial charge in [0.25, 0.3) is 0 Å². The lowest BCUT2D eigenvalue weighted by Gasteiger charge is -2.08. The SMILES string of the molecule is N#CCn1ncc2c(Br)cc(C(F)(F)F)cc21. The van der Waals surface area contributed by atoms with E-state index >= 15 is 0 Å². The highest BCUT2D eigenvalue weighted by Gasteiger charge is 2.31. The Balaban J connectivity index is 2.70. The molecule has 0 aliphatic rings. The molecule has 0 spiro atoms. The molecule has 0 bridgehead atoms. The van der Waals surface area contributed by atoms with Gasteiger partial charge in [0.15, 0.2) is 0 Å². The van der Waals surface area contributed by atoms with Gasteiger partial charge in [-0.05, 0) is 12.1 Å². The van der Waals surface area contributed by atoms with Gasteiger partial charge in [0.05, 0.1) is 23.3 Å². The van der Waals surface area contributed by atoms with Crippen LogP contribution in [0.25, 0.3) is 10.9 Å². The van der Waals surface area contributed by atoms with Gasteiger partial charge in [0.1, 0.15) is 6.54 Å². The number of benzene rings is 1. The van der Waals surface area contributed by atoms with E-state index in [1.165, 1.54) is 10.9 Å². The van der Waals surface area contributed by atoms with Crippen LogP contribution < -0.4 is 0 Å². The average molecular weight is 304 g/mol. The Morgan fingerprint density at radius 2 is 2.12 bits per heavy atom. The summed E-state index contributed by atoms with van der Waals surface area (Å²) in [5, 5.41) is 13.0. The van der Waals surface area contributed by atoms with Crippen molar-refractivity contribution in [3.63, 3.8) is 0 Å². The van der Waals surface area contributed by atoms with E-state index in [0.29, 0.717) is 9.86 Å². The molecule has 1 heterocycles. The summed E-state index contributed by atoms with van der Waals surface area (Å²) in [6.07, 6.45) is -2.99. The highest BCUT2D eigenvalue weighted by Crippen LogP contribution is 2.35. The molecule has 0 atom stereocenters. The maximum atomic E-state index is 12.6. The number of hydrogen-bond donors (Lipinski definition) is 0. The molecular weight excluding hydrogens is 299 g/mol. The third-order valence-electron chi connectivity index (χ3n) is 2.26. The topological polar surface area (TPSA) is 41.6 Å². The van der Waals surface area contributed by atoms with Crippen LogP contribution >= 0.6 is 15.9 Å². The van der Waals surface area contributed by atoms with Gasteiger partial charge in [-0.2, -0.15) is 23.5 Å². The standard InChI is InChI=1S/C10H5BrF3N3/c11-8-3-6(10(12,13)14)4-9-7(8)5-16-17(9)2-1-15/h3-5H,2H2. The number of alkyl halides is 3. The summed E-state index contributed by atoms with van der Waals surface area (Å²) in [5.41, 5.74) is -0.482. The van der Waals surface area contributed by atoms with Crippen LogP contribution in [0.15, 0.2) is 22.8 Å². The second-order valence-corrected chi connectivity index (χ2v) is 4.20. The van der Waals surface area contributed by atoms with E-state index in [1.807, 2.05) is 6.07 Å². The van der Waals surface area contributed by atoms with Gasteiger partial charge in [-0.15, -0.1) is 0 Å². The molecule has 0 fully saturated rings. The van der Waals surface area contributed by atoms with Gasteiger partial charge in [0, 0.05) is 9.86 Å². The second-order valence-electron chi connectivity index (χ2n) is 3.35. The first-order valence-corrected chi connectivity index (χ1v) is 5.32. The predicted octanol–water partition coefficient (Wildman–Crippen LogP) is 3.34. The van der Waals surface area contributed by atoms with Gasteiger partial charge >= 0.3 is 6.18 Å². The van der Waals surface area contributed by atoms with E-state index in [9.17, 15) is 13.2 Å². The van der Waals surface area contributed by atoms with Crippen LogP contribution in [-0.4, -0.2) is 9.78 Å². The van der Waals surface area contributed by atoms with E-state index in [0.717, 1.165) is 12.1 Å². The third-order valence-corrected chi connectivity index (χ3v) is 2.92. The van der Waals surface area contributed by atoms with Gasteiger partial charge < -0.3 is 0 Å². The lowest BCUT2D eigenvalue weighted by molar-refractivity contribution is -0.137. The molecule has 2 aromatic rings. The Bertz CT molecular complexity index is 610. The maximum Gasteiger partial charge on any atom is 0.416 e. The van der Waals surface area contributed by atoms with Crippen molar-refractivity contribution >= 4 is 26.8 Å². The van der Waals surface area contributed by atoms with Crippen molar-refractivity contribution < 1.29 is 13.2 Å². The summed E-state index contributed by atoms with van der Waals surface area (Å²) >= 11 is 3.07. The first-order chi connectivity index (χ1) is 7.93. The van der Waals surface area contributed by atoms with Crippen molar-refractivity contribution in [2.75, 3.05) is 0 Å². The number of rotatable bonds is 1. The molecule has 0 saturated heterocycles. The molecule has 0 amide bonds. The second kappa shape index (κ2) is 4.04. The van der Waals surface area contributed by atoms with Crippen LogP contribution in [0.3, 0.4) is 0 Å². The highest BCUT2D eigenvalue weighted by molar-refractivity contribution is 9.10. The molecule has 3 nitrogen and oxygen atoms in total. The molecule has 0 radical (unpaired) electrons. The lowest BCUT2D eigenvalue weighted by Crippen LogP contribution is -2.06. The summed E-state index contributed by atoms with van der Waals surface area (Å²) in [6.45, 7) is -0.0861. The monoisotopic (exact) mass is 303 g/mol. The zero-order valence-electron chi connectivity index (χ0n) is 8.29. The van der Waals surface area contributed by atoms with Crippen molar-refractivity contribution in [2.24, 2.45) is 0 Å². The van der Waals surface area contributed by atoms with Crippen LogP contribution in [0, 0.1) is 11.3 Å². The van der Waals surface area contributed by atoms with Crippen molar-refractivity contribution in [3.05, 3.63) is 28.4 Å². The minimum atomic E-state index is -4.42. The molecule has 7 heteroatoms. The van der Waals surface area contributed by atoms with E-state index < -0.39 is 11.7 Å². The minimum absolute atomic E-state index is 0.0861. The Kier molecular flexibility index (Phi) is 2.83. The van der Waals surface area contributed by atoms with Gasteiger partial charge in [0.2, 0.25) is 0 Å². The summed E-state index contributed by atoms with van der Waals surface area (Å²) in [5.74, 6) is 0. The number of hydrogen-bond acceptors (Lipinski definition) is 2. The fourth-order valence-electron chi connectivity index (χ4n) is 1.49. The molecule has 1 aromatic carbocycles. The van der Waals surface area contributed by atoms with Crippen molar-refractivity contribution in [1.82, 2.24) is 9.78 Å². The predicted molar refractivity (Wildman–Crippen MR) is 58.0 cm³/mol. The molecule has 2 rings (SSSR count). The first kappa shape index (κ1) is 11.9. The fraction of sp³-hybridized carbons (Fsp3) is 0.200. The fourth-order valence-corrected chi connectivity index (χ4v) is 2.04. The molecule has 0 aliphatic heterocycles. The van der Waals surface area contributed by atoms with Gasteiger partial charge in [-0.3, -0.25) is 4.68 Å². The van der Waals surface area contributed by atoms with Crippen LogP contribution in [0.4, 0.5) is 13.2 Å². The number of nitriles is 1. The molecule has 1 aromatic heterocycles. The van der Waals surface area contributed by atoms with E-state index in [2.05, 4.69) is 21.0 Å². The third kappa shape index (κ3) is 2.13. The minimum Gasteiger partial charge on any atom is -0.251 e. The van der Waals surface area contributed by atoms with E-state index in [-0.39, 0.29) is 12.1 Å². The van der Waals surface area contributed by atoms with Gasteiger partial charge in [-0.25, -0.2) is 0 Å². The normalized spacial score (nSPS) is 11.7. The molecule has 88 valence electrons. The van der Waals surface area contributed by atoms with Crippen molar-refractivity contribution in [3.8, 4) is 6.07 Å². The Morgan fingerprint density at radius 1 is 1.41 bits per heavy atom. The summed E-state index contributed by atoms with van der Waals surface area (Å²) in [6, 6.07) is 3.84. The zero-order chi connectivity index (χ0) is 12.6. The Hall–Kier alpha value is -1.55. The molecule has 0 unspecified atom stereocenters. The molecule has 0 saturated carbocycles. The molecular formula is C10H5BrF3N3. The summed E-state index contributed by atoms with van der Waals surface area (Å²) in [4.78, 5) is 0. The largest absolute Gasteiger partial charge is 0.416 e. The van der Waals surface area contributed by atoms with Crippen molar-refractivity contribution in [2.45, 2.75) is 12.7 Å². The van der Waals surface area contributed by atoms with Crippen LogP contribution in [-0.2, 0) is 12.7 Å². The van der Waals surface area contributed by atoms with Crippen LogP contribution in [0.2, 0.25) is 0 Å². The molecule has 0 aliphatic carbocycles. The van der Waals surface area contributed by atoms with Crippen LogP contribution in [0.1, 0.15) is 5.56 Å². The van der Waals surface area contributed by atoms with Gasteiger partial charge in [-0.1, -0.05) is 15.9 Å². The molecule has 17 heavy (non-hydrogen) atoms. The first-order valence-electron chi connectivity index (χ1n) is 4.52. The Labute approximate surface area is 103 Å². The number of fused-ring (bicyclic) bond motifs is 1. The Morgan fingerprint density at radius 3 is 2.71 bits per heavy atom. The number of halogens is 4. The lowest BCUT2D eigenvalue weighted by atomic mass is 10.1.